The zero-order valence-corrected chi connectivity index (χ0v) is 25.5. The molecule has 1 N–H and O–H groups in total. The van der Waals surface area contributed by atoms with Gasteiger partial charge in [0.15, 0.2) is 0 Å². The first-order valence-electron chi connectivity index (χ1n) is 13.7. The van der Waals surface area contributed by atoms with Crippen molar-refractivity contribution in [2.45, 2.75) is 58.0 Å². The lowest BCUT2D eigenvalue weighted by Crippen LogP contribution is -2.52. The number of anilines is 1. The molecule has 3 aromatic rings. The number of rotatable bonds is 14. The molecule has 0 spiro atoms. The number of nitrogens with one attached hydrogen (secondary N) is 1. The van der Waals surface area contributed by atoms with E-state index in [2.05, 4.69) is 5.32 Å². The summed E-state index contributed by atoms with van der Waals surface area (Å²) < 4.78 is 34.5. The predicted molar refractivity (Wildman–Crippen MR) is 163 cm³/mol. The highest BCUT2D eigenvalue weighted by atomic mass is 35.5. The lowest BCUT2D eigenvalue weighted by atomic mass is 10.1. The number of nitrogens with zero attached hydrogens (tertiary/aromatic N) is 2. The van der Waals surface area contributed by atoms with E-state index in [0.29, 0.717) is 41.6 Å². The van der Waals surface area contributed by atoms with Crippen LogP contribution in [0.2, 0.25) is 5.02 Å². The third kappa shape index (κ3) is 8.24. The van der Waals surface area contributed by atoms with Gasteiger partial charge in [-0.2, -0.15) is 0 Å². The summed E-state index contributed by atoms with van der Waals surface area (Å²) in [4.78, 5) is 28.7. The summed E-state index contributed by atoms with van der Waals surface area (Å²) in [5, 5.41) is 3.32. The van der Waals surface area contributed by atoms with Crippen LogP contribution >= 0.6 is 11.6 Å². The molecule has 0 radical (unpaired) electrons. The van der Waals surface area contributed by atoms with E-state index in [9.17, 15) is 18.0 Å². The van der Waals surface area contributed by atoms with Crippen LogP contribution in [0.1, 0.15) is 44.7 Å². The van der Waals surface area contributed by atoms with Gasteiger partial charge in [-0.15, -0.1) is 0 Å². The number of hydrogen-bond acceptors (Lipinski definition) is 5. The fourth-order valence-corrected chi connectivity index (χ4v) is 5.95. The third-order valence-corrected chi connectivity index (χ3v) is 8.71. The van der Waals surface area contributed by atoms with Crippen molar-refractivity contribution in [2.75, 3.05) is 24.0 Å². The Kier molecular flexibility index (Phi) is 11.6. The van der Waals surface area contributed by atoms with Gasteiger partial charge in [-0.1, -0.05) is 61.3 Å². The fourth-order valence-electron chi connectivity index (χ4n) is 4.34. The number of carbonyl (C=O) groups excluding carboxylic acids is 2. The summed E-state index contributed by atoms with van der Waals surface area (Å²) in [6.45, 7) is 7.92. The molecule has 0 aliphatic carbocycles. The zero-order chi connectivity index (χ0) is 30.0. The Morgan fingerprint density at radius 3 is 2.20 bits per heavy atom. The van der Waals surface area contributed by atoms with Gasteiger partial charge in [-0.25, -0.2) is 8.42 Å². The first-order chi connectivity index (χ1) is 19.6. The molecular formula is C31H38ClN3O5S. The van der Waals surface area contributed by atoms with Crippen molar-refractivity contribution in [3.63, 3.8) is 0 Å². The second-order valence-corrected chi connectivity index (χ2v) is 11.8. The van der Waals surface area contributed by atoms with E-state index in [0.717, 1.165) is 16.3 Å². The van der Waals surface area contributed by atoms with Gasteiger partial charge in [0.25, 0.3) is 10.0 Å². The first-order valence-corrected chi connectivity index (χ1v) is 15.6. The Balaban J connectivity index is 2.06. The van der Waals surface area contributed by atoms with Crippen molar-refractivity contribution < 1.29 is 22.7 Å². The summed E-state index contributed by atoms with van der Waals surface area (Å²) in [5.74, 6) is -0.258. The number of benzene rings is 3. The van der Waals surface area contributed by atoms with Crippen molar-refractivity contribution in [3.05, 3.63) is 88.9 Å². The van der Waals surface area contributed by atoms with Gasteiger partial charge in [0.1, 0.15) is 18.3 Å². The Hall–Kier alpha value is -3.56. The van der Waals surface area contributed by atoms with E-state index in [1.807, 2.05) is 27.7 Å². The van der Waals surface area contributed by atoms with Gasteiger partial charge in [-0.3, -0.25) is 13.9 Å². The van der Waals surface area contributed by atoms with Crippen LogP contribution in [0.15, 0.2) is 77.7 Å². The number of aryl methyl sites for hydroxylation is 1. The van der Waals surface area contributed by atoms with Gasteiger partial charge in [-0.05, 0) is 74.7 Å². The highest BCUT2D eigenvalue weighted by Crippen LogP contribution is 2.27. The molecule has 0 fully saturated rings. The lowest BCUT2D eigenvalue weighted by molar-refractivity contribution is -0.140. The number of carbonyl (C=O) groups is 2. The molecule has 1 atom stereocenters. The molecule has 3 aromatic carbocycles. The van der Waals surface area contributed by atoms with E-state index in [-0.39, 0.29) is 17.3 Å². The minimum Gasteiger partial charge on any atom is -0.494 e. The second-order valence-electron chi connectivity index (χ2n) is 9.58. The molecule has 0 heterocycles. The molecule has 0 aliphatic rings. The fraction of sp³-hybridized carbons (Fsp3) is 0.355. The average molecular weight is 600 g/mol. The van der Waals surface area contributed by atoms with Gasteiger partial charge in [0, 0.05) is 18.1 Å². The molecule has 0 aromatic heterocycles. The summed E-state index contributed by atoms with van der Waals surface area (Å²) in [5.41, 5.74) is 1.85. The molecule has 10 heteroatoms. The topological polar surface area (TPSA) is 96.0 Å². The molecule has 3 rings (SSSR count). The molecule has 0 saturated carbocycles. The third-order valence-electron chi connectivity index (χ3n) is 6.56. The smallest absolute Gasteiger partial charge is 0.264 e. The highest BCUT2D eigenvalue weighted by Gasteiger charge is 2.33. The zero-order valence-electron chi connectivity index (χ0n) is 24.0. The highest BCUT2D eigenvalue weighted by molar-refractivity contribution is 7.92. The van der Waals surface area contributed by atoms with Crippen LogP contribution in [0.25, 0.3) is 0 Å². The van der Waals surface area contributed by atoms with Crippen LogP contribution < -0.4 is 14.4 Å². The number of sulfonamides is 1. The molecule has 0 aliphatic heterocycles. The number of amides is 2. The largest absolute Gasteiger partial charge is 0.494 e. The minimum atomic E-state index is -4.15. The molecule has 41 heavy (non-hydrogen) atoms. The van der Waals surface area contributed by atoms with Crippen LogP contribution in [0.5, 0.6) is 5.75 Å². The SMILES string of the molecule is CCCNC(=O)C(CC)N(Cc1ccccc1Cl)C(=O)CN(c1ccc(OCC)cc1)S(=O)(=O)c1ccc(C)cc1. The van der Waals surface area contributed by atoms with Crippen molar-refractivity contribution in [1.29, 1.82) is 0 Å². The second kappa shape index (κ2) is 14.9. The Morgan fingerprint density at radius 1 is 0.951 bits per heavy atom. The molecule has 220 valence electrons. The molecule has 1 unspecified atom stereocenters. The molecule has 0 saturated heterocycles. The molecule has 0 bridgehead atoms. The normalized spacial score (nSPS) is 11.9. The Bertz CT molecular complexity index is 1410. The maximum absolute atomic E-state index is 14.1. The quantitative estimate of drug-likeness (QED) is 0.261. The van der Waals surface area contributed by atoms with Crippen molar-refractivity contribution >= 4 is 39.1 Å². The first kappa shape index (κ1) is 32.0. The van der Waals surface area contributed by atoms with E-state index < -0.39 is 28.5 Å². The Morgan fingerprint density at radius 2 is 1.61 bits per heavy atom. The van der Waals surface area contributed by atoms with Crippen molar-refractivity contribution in [2.24, 2.45) is 0 Å². The monoisotopic (exact) mass is 599 g/mol. The Labute approximate surface area is 248 Å². The standard InChI is InChI=1S/C31H38ClN3O5S/c1-5-20-33-31(37)29(6-2)34(21-24-10-8-9-11-28(24)32)30(36)22-35(25-14-16-26(17-15-25)40-7-3)41(38,39)27-18-12-23(4)13-19-27/h8-19,29H,5-7,20-22H2,1-4H3,(H,33,37). The van der Waals surface area contributed by atoms with Gasteiger partial charge in [0.2, 0.25) is 11.8 Å². The van der Waals surface area contributed by atoms with Crippen LogP contribution in [0.4, 0.5) is 5.69 Å². The van der Waals surface area contributed by atoms with Crippen molar-refractivity contribution in [1.82, 2.24) is 10.2 Å². The van der Waals surface area contributed by atoms with E-state index in [1.165, 1.54) is 17.0 Å². The van der Waals surface area contributed by atoms with E-state index in [1.54, 1.807) is 60.7 Å². The van der Waals surface area contributed by atoms with Gasteiger partial charge >= 0.3 is 0 Å². The summed E-state index contributed by atoms with van der Waals surface area (Å²) in [6, 6.07) is 19.2. The minimum absolute atomic E-state index is 0.0399. The molecule has 2 amide bonds. The molecular weight excluding hydrogens is 562 g/mol. The number of hydrogen-bond donors (Lipinski definition) is 1. The van der Waals surface area contributed by atoms with Crippen LogP contribution in [0, 0.1) is 6.92 Å². The summed E-state index contributed by atoms with van der Waals surface area (Å²) in [6.07, 6.45) is 1.07. The maximum atomic E-state index is 14.1. The average Bonchev–Trinajstić information content (AvgIpc) is 2.96. The molecule has 8 nitrogen and oxygen atoms in total. The van der Waals surface area contributed by atoms with E-state index >= 15 is 0 Å². The van der Waals surface area contributed by atoms with Crippen molar-refractivity contribution in [3.8, 4) is 5.75 Å². The number of ether oxygens (including phenoxy) is 1. The van der Waals surface area contributed by atoms with Crippen LogP contribution in [-0.2, 0) is 26.2 Å². The predicted octanol–water partition coefficient (Wildman–Crippen LogP) is 5.58. The number of halogens is 1. The maximum Gasteiger partial charge on any atom is 0.264 e. The van der Waals surface area contributed by atoms with E-state index in [4.69, 9.17) is 16.3 Å². The summed E-state index contributed by atoms with van der Waals surface area (Å²) in [7, 11) is -4.15. The summed E-state index contributed by atoms with van der Waals surface area (Å²) >= 11 is 6.43. The van der Waals surface area contributed by atoms with Gasteiger partial charge in [0.05, 0.1) is 17.2 Å². The van der Waals surface area contributed by atoms with Gasteiger partial charge < -0.3 is 15.0 Å². The van der Waals surface area contributed by atoms with Crippen LogP contribution in [-0.4, -0.2) is 50.9 Å². The lowest BCUT2D eigenvalue weighted by Gasteiger charge is -2.33. The van der Waals surface area contributed by atoms with Crippen LogP contribution in [0.3, 0.4) is 0 Å².